The second-order valence-electron chi connectivity index (χ2n) is 4.62. The van der Waals surface area contributed by atoms with Crippen molar-refractivity contribution in [1.82, 2.24) is 0 Å². The molecule has 0 aliphatic heterocycles. The summed E-state index contributed by atoms with van der Waals surface area (Å²) in [7, 11) is 0. The van der Waals surface area contributed by atoms with Crippen LogP contribution < -0.4 is 0 Å². The molecule has 0 aliphatic rings. The average Bonchev–Trinajstić information content (AvgIpc) is 2.12. The van der Waals surface area contributed by atoms with Crippen molar-refractivity contribution in [3.8, 4) is 0 Å². The summed E-state index contributed by atoms with van der Waals surface area (Å²) in [5, 5.41) is 0. The number of carbonyl (C=O) groups is 1. The summed E-state index contributed by atoms with van der Waals surface area (Å²) in [4.78, 5) is 10.2. The Hall–Kier alpha value is -0.390. The molecular weight excluding hydrogens is 265 g/mol. The molecule has 0 rings (SSSR count). The fourth-order valence-corrected chi connectivity index (χ4v) is 2.49. The van der Waals surface area contributed by atoms with Crippen molar-refractivity contribution in [1.29, 1.82) is 0 Å². The minimum atomic E-state index is -4.04. The van der Waals surface area contributed by atoms with Crippen LogP contribution in [0.4, 0.5) is 13.2 Å². The Labute approximate surface area is 111 Å². The summed E-state index contributed by atoms with van der Waals surface area (Å²) in [6.07, 6.45) is -2.33. The van der Waals surface area contributed by atoms with E-state index in [1.807, 2.05) is 13.8 Å². The lowest BCUT2D eigenvalue weighted by atomic mass is 10.1. The van der Waals surface area contributed by atoms with E-state index in [0.717, 1.165) is 18.6 Å². The Kier molecular flexibility index (Phi) is 7.75. The van der Waals surface area contributed by atoms with Gasteiger partial charge in [0.2, 0.25) is 0 Å². The van der Waals surface area contributed by atoms with Crippen LogP contribution in [0.2, 0.25) is 0 Å². The van der Waals surface area contributed by atoms with Crippen molar-refractivity contribution in [2.45, 2.75) is 64.0 Å². The monoisotopic (exact) mass is 286 g/mol. The number of hydrogen-bond donors (Lipinski definition) is 0. The van der Waals surface area contributed by atoms with Gasteiger partial charge in [-0.05, 0) is 32.4 Å². The van der Waals surface area contributed by atoms with Crippen LogP contribution in [0.1, 0.15) is 52.9 Å². The smallest absolute Gasteiger partial charge is 0.389 e. The third kappa shape index (κ3) is 12.1. The first-order valence-corrected chi connectivity index (χ1v) is 7.01. The van der Waals surface area contributed by atoms with E-state index in [9.17, 15) is 18.0 Å². The van der Waals surface area contributed by atoms with Crippen LogP contribution >= 0.6 is 11.8 Å². The molecule has 0 unspecified atom stereocenters. The van der Waals surface area contributed by atoms with E-state index in [1.54, 1.807) is 0 Å². The lowest BCUT2D eigenvalue weighted by Gasteiger charge is -2.23. The fourth-order valence-electron chi connectivity index (χ4n) is 1.47. The third-order valence-electron chi connectivity index (χ3n) is 2.19. The minimum absolute atomic E-state index is 0.196. The van der Waals surface area contributed by atoms with Gasteiger partial charge in [0.25, 0.3) is 0 Å². The first-order chi connectivity index (χ1) is 8.12. The molecule has 0 aromatic carbocycles. The van der Waals surface area contributed by atoms with E-state index < -0.39 is 17.5 Å². The Morgan fingerprint density at radius 2 is 1.67 bits per heavy atom. The Morgan fingerprint density at radius 1 is 1.11 bits per heavy atom. The van der Waals surface area contributed by atoms with Crippen molar-refractivity contribution in [2.75, 3.05) is 5.75 Å². The van der Waals surface area contributed by atoms with Crippen molar-refractivity contribution in [3.05, 3.63) is 0 Å². The molecule has 0 atom stereocenters. The summed E-state index contributed by atoms with van der Waals surface area (Å²) in [5.74, 6) is 0.462. The van der Waals surface area contributed by atoms with Crippen LogP contribution in [0.25, 0.3) is 0 Å². The van der Waals surface area contributed by atoms with E-state index in [1.165, 1.54) is 18.7 Å². The van der Waals surface area contributed by atoms with Crippen LogP contribution in [0.5, 0.6) is 0 Å². The first kappa shape index (κ1) is 17.6. The number of alkyl halides is 3. The van der Waals surface area contributed by atoms with Crippen LogP contribution in [0, 0.1) is 0 Å². The zero-order chi connectivity index (χ0) is 14.2. The van der Waals surface area contributed by atoms with Gasteiger partial charge in [0.15, 0.2) is 4.93 Å². The third-order valence-corrected chi connectivity index (χ3v) is 3.47. The van der Waals surface area contributed by atoms with Crippen molar-refractivity contribution in [2.24, 2.45) is 0 Å². The molecular formula is C12H21F3O2S. The molecule has 0 fully saturated rings. The lowest BCUT2D eigenvalue weighted by Crippen LogP contribution is -2.23. The molecule has 0 heterocycles. The van der Waals surface area contributed by atoms with E-state index >= 15 is 0 Å². The highest BCUT2D eigenvalue weighted by Gasteiger charge is 2.25. The quantitative estimate of drug-likeness (QED) is 0.372. The SMILES string of the molecule is CC(=O)OC(C)(C)SCCCCCCC(F)(F)F. The zero-order valence-corrected chi connectivity index (χ0v) is 11.9. The fraction of sp³-hybridized carbons (Fsp3) is 0.917. The van der Waals surface area contributed by atoms with E-state index in [2.05, 4.69) is 0 Å². The van der Waals surface area contributed by atoms with Gasteiger partial charge >= 0.3 is 12.1 Å². The van der Waals surface area contributed by atoms with Crippen LogP contribution in [-0.2, 0) is 9.53 Å². The summed E-state index contributed by atoms with van der Waals surface area (Å²) in [5.41, 5.74) is 0. The molecule has 0 saturated carbocycles. The number of esters is 1. The summed E-state index contributed by atoms with van der Waals surface area (Å²) < 4.78 is 40.7. The molecule has 18 heavy (non-hydrogen) atoms. The van der Waals surface area contributed by atoms with E-state index in [4.69, 9.17) is 4.74 Å². The van der Waals surface area contributed by atoms with Gasteiger partial charge in [-0.2, -0.15) is 13.2 Å². The van der Waals surface area contributed by atoms with Gasteiger partial charge in [-0.3, -0.25) is 4.79 Å². The largest absolute Gasteiger partial charge is 0.449 e. The summed E-state index contributed by atoms with van der Waals surface area (Å²) >= 11 is 1.51. The number of halogens is 3. The van der Waals surface area contributed by atoms with Gasteiger partial charge in [-0.25, -0.2) is 0 Å². The van der Waals surface area contributed by atoms with Crippen LogP contribution in [0.15, 0.2) is 0 Å². The van der Waals surface area contributed by atoms with Crippen LogP contribution in [-0.4, -0.2) is 22.8 Å². The molecule has 0 radical (unpaired) electrons. The maximum Gasteiger partial charge on any atom is 0.389 e. The molecule has 2 nitrogen and oxygen atoms in total. The highest BCUT2D eigenvalue weighted by Crippen LogP contribution is 2.27. The summed E-state index contributed by atoms with van der Waals surface area (Å²) in [6.45, 7) is 4.98. The highest BCUT2D eigenvalue weighted by molar-refractivity contribution is 8.00. The van der Waals surface area contributed by atoms with Crippen molar-refractivity contribution >= 4 is 17.7 Å². The molecule has 0 bridgehead atoms. The molecule has 0 N–H and O–H groups in total. The number of ether oxygens (including phenoxy) is 1. The Morgan fingerprint density at radius 3 is 2.17 bits per heavy atom. The van der Waals surface area contributed by atoms with Crippen molar-refractivity contribution in [3.63, 3.8) is 0 Å². The van der Waals surface area contributed by atoms with Gasteiger partial charge in [-0.15, -0.1) is 11.8 Å². The Bertz CT molecular complexity index is 252. The van der Waals surface area contributed by atoms with E-state index in [-0.39, 0.29) is 12.4 Å². The second kappa shape index (κ2) is 7.92. The molecule has 0 saturated heterocycles. The predicted octanol–water partition coefficient (Wildman–Crippen LogP) is 4.53. The maximum atomic E-state index is 11.9. The Balaban J connectivity index is 3.48. The number of rotatable bonds is 8. The van der Waals surface area contributed by atoms with E-state index in [0.29, 0.717) is 6.42 Å². The molecule has 0 spiro atoms. The number of hydrogen-bond acceptors (Lipinski definition) is 3. The number of thioether (sulfide) groups is 1. The van der Waals surface area contributed by atoms with Gasteiger partial charge in [0.1, 0.15) is 0 Å². The molecule has 108 valence electrons. The zero-order valence-electron chi connectivity index (χ0n) is 11.1. The summed E-state index contributed by atoms with van der Waals surface area (Å²) in [6, 6.07) is 0. The van der Waals surface area contributed by atoms with Gasteiger partial charge < -0.3 is 4.74 Å². The first-order valence-electron chi connectivity index (χ1n) is 6.03. The molecule has 0 aromatic rings. The van der Waals surface area contributed by atoms with Gasteiger partial charge in [0, 0.05) is 13.3 Å². The highest BCUT2D eigenvalue weighted by atomic mass is 32.2. The molecule has 0 amide bonds. The molecule has 0 aliphatic carbocycles. The van der Waals surface area contributed by atoms with Gasteiger partial charge in [0.05, 0.1) is 0 Å². The number of carbonyl (C=O) groups excluding carboxylic acids is 1. The predicted molar refractivity (Wildman–Crippen MR) is 67.4 cm³/mol. The lowest BCUT2D eigenvalue weighted by molar-refractivity contribution is -0.146. The standard InChI is InChI=1S/C12H21F3O2S/c1-10(16)17-11(2,3)18-9-7-5-4-6-8-12(13,14)15/h4-9H2,1-3H3. The minimum Gasteiger partial charge on any atom is -0.449 e. The van der Waals surface area contributed by atoms with Crippen LogP contribution in [0.3, 0.4) is 0 Å². The number of unbranched alkanes of at least 4 members (excludes halogenated alkanes) is 3. The second-order valence-corrected chi connectivity index (χ2v) is 6.30. The average molecular weight is 286 g/mol. The molecule has 0 aromatic heterocycles. The normalized spacial score (nSPS) is 12.6. The topological polar surface area (TPSA) is 26.3 Å². The molecule has 6 heteroatoms. The maximum absolute atomic E-state index is 11.9. The van der Waals surface area contributed by atoms with Crippen molar-refractivity contribution < 1.29 is 22.7 Å². The van der Waals surface area contributed by atoms with Gasteiger partial charge in [-0.1, -0.05) is 12.8 Å².